The minimum atomic E-state index is -4.79. The van der Waals surface area contributed by atoms with Gasteiger partial charge in [0.15, 0.2) is 0 Å². The molecule has 0 bridgehead atoms. The summed E-state index contributed by atoms with van der Waals surface area (Å²) in [6.07, 6.45) is 2.47. The highest BCUT2D eigenvalue weighted by molar-refractivity contribution is 5.82. The van der Waals surface area contributed by atoms with Gasteiger partial charge in [-0.2, -0.15) is 13.2 Å². The van der Waals surface area contributed by atoms with E-state index in [1.807, 2.05) is 26.0 Å². The Bertz CT molecular complexity index is 1760. The van der Waals surface area contributed by atoms with Gasteiger partial charge in [0.2, 0.25) is 5.91 Å². The maximum absolute atomic E-state index is 15.8. The molecule has 1 N–H and O–H groups in total. The minimum absolute atomic E-state index is 0.0234. The molecule has 2 aromatic carbocycles. The zero-order valence-electron chi connectivity index (χ0n) is 30.2. The highest BCUT2D eigenvalue weighted by Crippen LogP contribution is 2.35. The average Bonchev–Trinajstić information content (AvgIpc) is 3.04. The maximum Gasteiger partial charge on any atom is 0.416 e. The highest BCUT2D eigenvalue weighted by Gasteiger charge is 2.35. The number of allylic oxidation sites excluding steroid dienone is 2. The molecule has 0 aliphatic rings. The van der Waals surface area contributed by atoms with Gasteiger partial charge in [-0.15, -0.1) is 13.2 Å². The normalized spacial score (nSPS) is 12.7. The first-order valence-corrected chi connectivity index (χ1v) is 17.2. The molecule has 51 heavy (non-hydrogen) atoms. The van der Waals surface area contributed by atoms with Crippen molar-refractivity contribution in [3.8, 4) is 11.1 Å². The number of pyridine rings is 1. The van der Waals surface area contributed by atoms with Crippen molar-refractivity contribution in [2.75, 3.05) is 27.2 Å². The van der Waals surface area contributed by atoms with Crippen LogP contribution in [0, 0.1) is 19.7 Å². The predicted molar refractivity (Wildman–Crippen MR) is 193 cm³/mol. The number of likely N-dealkylation sites (N-methyl/N-ethyl adjacent to an activating group) is 1. The summed E-state index contributed by atoms with van der Waals surface area (Å²) < 4.78 is 63.7. The number of hydrogen-bond acceptors (Lipinski definition) is 5. The second-order valence-electron chi connectivity index (χ2n) is 13.0. The van der Waals surface area contributed by atoms with Crippen LogP contribution in [0.15, 0.2) is 72.7 Å². The van der Waals surface area contributed by atoms with Gasteiger partial charge in [0.05, 0.1) is 24.6 Å². The van der Waals surface area contributed by atoms with Gasteiger partial charge in [-0.05, 0) is 113 Å². The van der Waals surface area contributed by atoms with Gasteiger partial charge in [0.25, 0.3) is 5.56 Å². The fraction of sp³-hybridized carbons (Fsp3) is 0.425. The molecule has 0 aliphatic heterocycles. The number of nitrogens with one attached hydrogen (secondary N) is 1. The van der Waals surface area contributed by atoms with Gasteiger partial charge in [0.1, 0.15) is 11.9 Å². The van der Waals surface area contributed by atoms with Crippen LogP contribution in [0.5, 0.6) is 0 Å². The molecule has 0 radical (unpaired) electrons. The number of esters is 1. The average molecular weight is 712 g/mol. The number of benzene rings is 2. The third-order valence-electron chi connectivity index (χ3n) is 8.64. The van der Waals surface area contributed by atoms with E-state index in [0.29, 0.717) is 11.6 Å². The molecule has 0 aliphatic carbocycles. The number of halogens is 4. The lowest BCUT2D eigenvalue weighted by Gasteiger charge is -2.25. The number of ether oxygens (including phenoxy) is 1. The second-order valence-corrected chi connectivity index (χ2v) is 13.0. The monoisotopic (exact) mass is 711 g/mol. The largest absolute Gasteiger partial charge is 0.466 e. The molecule has 7 nitrogen and oxygen atoms in total. The van der Waals surface area contributed by atoms with Gasteiger partial charge in [0, 0.05) is 24.4 Å². The van der Waals surface area contributed by atoms with Crippen LogP contribution in [0.4, 0.5) is 17.6 Å². The van der Waals surface area contributed by atoms with Gasteiger partial charge < -0.3 is 19.5 Å². The number of rotatable bonds is 18. The van der Waals surface area contributed by atoms with E-state index in [2.05, 4.69) is 24.5 Å². The summed E-state index contributed by atoms with van der Waals surface area (Å²) in [5.41, 5.74) is 2.51. The fourth-order valence-corrected chi connectivity index (χ4v) is 6.28. The van der Waals surface area contributed by atoms with E-state index in [0.717, 1.165) is 58.7 Å². The summed E-state index contributed by atoms with van der Waals surface area (Å²) in [6, 6.07) is 6.61. The first-order chi connectivity index (χ1) is 24.1. The number of alkyl halides is 3. The number of nitrogens with zero attached hydrogens (tertiary/aromatic N) is 2. The third-order valence-corrected chi connectivity index (χ3v) is 8.64. The lowest BCUT2D eigenvalue weighted by Crippen LogP contribution is -2.40. The smallest absolute Gasteiger partial charge is 0.416 e. The van der Waals surface area contributed by atoms with Crippen molar-refractivity contribution in [2.45, 2.75) is 84.0 Å². The Labute approximate surface area is 298 Å². The lowest BCUT2D eigenvalue weighted by atomic mass is 9.88. The molecule has 0 saturated carbocycles. The van der Waals surface area contributed by atoms with Crippen molar-refractivity contribution < 1.29 is 31.9 Å². The highest BCUT2D eigenvalue weighted by atomic mass is 19.4. The van der Waals surface area contributed by atoms with Crippen LogP contribution < -0.4 is 10.9 Å². The molecule has 1 amide bonds. The summed E-state index contributed by atoms with van der Waals surface area (Å²) in [6.45, 7) is 13.4. The summed E-state index contributed by atoms with van der Waals surface area (Å²) in [4.78, 5) is 41.7. The summed E-state index contributed by atoms with van der Waals surface area (Å²) in [5, 5.41) is 2.73. The molecule has 3 aromatic rings. The maximum atomic E-state index is 15.8. The van der Waals surface area contributed by atoms with E-state index >= 15 is 4.39 Å². The van der Waals surface area contributed by atoms with Crippen molar-refractivity contribution in [1.82, 2.24) is 14.8 Å². The van der Waals surface area contributed by atoms with Gasteiger partial charge in [-0.1, -0.05) is 35.9 Å². The van der Waals surface area contributed by atoms with Crippen molar-refractivity contribution in [2.24, 2.45) is 0 Å². The van der Waals surface area contributed by atoms with Crippen molar-refractivity contribution in [1.29, 1.82) is 0 Å². The van der Waals surface area contributed by atoms with Crippen LogP contribution in [0.1, 0.15) is 84.5 Å². The number of carbonyl (C=O) groups is 2. The molecule has 3 rings (SSSR count). The van der Waals surface area contributed by atoms with Gasteiger partial charge in [-0.3, -0.25) is 14.4 Å². The van der Waals surface area contributed by atoms with E-state index in [1.54, 1.807) is 38.1 Å². The molecule has 0 saturated heterocycles. The Morgan fingerprint density at radius 2 is 1.75 bits per heavy atom. The number of hydrogen-bond donors (Lipinski definition) is 1. The number of aromatic nitrogens is 1. The standard InChI is InChI=1S/C40H49F4N3O4/c1-8-11-12-13-15-28-21-26(4)20-27(5)38(28)29-16-17-33(41)31(22-29)34(24-37(49)51-10-3)45-39(50)35(14-9-2)47-25-30(18-19-46(6)7)32(23-36(47)48)40(42,43)44/h8-9,16-17,20-23,25,34-35H,1-2,10-15,18-19,24H2,3-7H3,(H,45,50)/t34-,35-/m0/s1. The van der Waals surface area contributed by atoms with E-state index < -0.39 is 53.5 Å². The molecular formula is C40H49F4N3O4. The van der Waals surface area contributed by atoms with Crippen LogP contribution in [0.2, 0.25) is 0 Å². The number of unbranched alkanes of at least 4 members (excludes halogenated alkanes) is 2. The topological polar surface area (TPSA) is 80.6 Å². The van der Waals surface area contributed by atoms with Crippen LogP contribution >= 0.6 is 0 Å². The fourth-order valence-electron chi connectivity index (χ4n) is 6.28. The van der Waals surface area contributed by atoms with E-state index in [1.165, 1.54) is 12.1 Å². The Balaban J connectivity index is 2.12. The summed E-state index contributed by atoms with van der Waals surface area (Å²) >= 11 is 0. The third kappa shape index (κ3) is 11.2. The SMILES string of the molecule is C=CCCCCc1cc(C)cc(C)c1-c1ccc(F)c([C@H](CC(=O)OCC)NC(=O)[C@H](CC=C)n2cc(CCN(C)C)c(C(F)(F)F)cc2=O)c1. The molecule has 0 unspecified atom stereocenters. The van der Waals surface area contributed by atoms with Crippen molar-refractivity contribution in [3.63, 3.8) is 0 Å². The van der Waals surface area contributed by atoms with Crippen LogP contribution in [0.25, 0.3) is 11.1 Å². The number of carbonyl (C=O) groups excluding carboxylic acids is 2. The van der Waals surface area contributed by atoms with Crippen LogP contribution in [0.3, 0.4) is 0 Å². The molecule has 0 spiro atoms. The minimum Gasteiger partial charge on any atom is -0.466 e. The van der Waals surface area contributed by atoms with E-state index in [9.17, 15) is 27.6 Å². The molecule has 1 aromatic heterocycles. The van der Waals surface area contributed by atoms with Crippen molar-refractivity contribution in [3.05, 3.63) is 117 Å². The first kappa shape index (κ1) is 40.9. The summed E-state index contributed by atoms with van der Waals surface area (Å²) in [7, 11) is 3.42. The molecular weight excluding hydrogens is 662 g/mol. The van der Waals surface area contributed by atoms with E-state index in [4.69, 9.17) is 4.74 Å². The molecule has 11 heteroatoms. The Morgan fingerprint density at radius 1 is 1.02 bits per heavy atom. The van der Waals surface area contributed by atoms with Crippen LogP contribution in [-0.2, 0) is 33.3 Å². The molecule has 0 fully saturated rings. The Morgan fingerprint density at radius 3 is 2.37 bits per heavy atom. The Hall–Kier alpha value is -4.51. The van der Waals surface area contributed by atoms with Crippen molar-refractivity contribution >= 4 is 11.9 Å². The quantitative estimate of drug-likeness (QED) is 0.0623. The lowest BCUT2D eigenvalue weighted by molar-refractivity contribution is -0.144. The van der Waals surface area contributed by atoms with E-state index in [-0.39, 0.29) is 37.1 Å². The second kappa shape index (κ2) is 18.6. The first-order valence-electron chi connectivity index (χ1n) is 17.2. The van der Waals surface area contributed by atoms with Gasteiger partial charge in [-0.25, -0.2) is 4.39 Å². The zero-order chi connectivity index (χ0) is 37.9. The van der Waals surface area contributed by atoms with Crippen LogP contribution in [-0.4, -0.2) is 48.6 Å². The predicted octanol–water partition coefficient (Wildman–Crippen LogP) is 8.22. The summed E-state index contributed by atoms with van der Waals surface area (Å²) in [5.74, 6) is -2.17. The molecule has 1 heterocycles. The molecule has 2 atom stereocenters. The molecule has 276 valence electrons. The number of aryl methyl sites for hydroxylation is 3. The Kier molecular flexibility index (Phi) is 15.0. The van der Waals surface area contributed by atoms with Gasteiger partial charge >= 0.3 is 12.1 Å². The number of amides is 1. The zero-order valence-corrected chi connectivity index (χ0v) is 30.2.